The van der Waals surface area contributed by atoms with E-state index < -0.39 is 23.4 Å². The number of carbonyl (C=O) groups is 2. The summed E-state index contributed by atoms with van der Waals surface area (Å²) < 4.78 is 14.6. The van der Waals surface area contributed by atoms with Gasteiger partial charge in [0.1, 0.15) is 5.75 Å². The van der Waals surface area contributed by atoms with E-state index in [2.05, 4.69) is 9.47 Å². The maximum atomic E-state index is 11.5. The molecule has 0 saturated carbocycles. The predicted molar refractivity (Wildman–Crippen MR) is 79.0 cm³/mol. The van der Waals surface area contributed by atoms with Crippen LogP contribution in [0.2, 0.25) is 0 Å². The van der Waals surface area contributed by atoms with E-state index in [1.54, 1.807) is 0 Å². The average Bonchev–Trinajstić information content (AvgIpc) is 2.57. The monoisotopic (exact) mass is 318 g/mol. The molecule has 0 saturated heterocycles. The van der Waals surface area contributed by atoms with Crippen LogP contribution in [0.15, 0.2) is 36.4 Å². The molecule has 2 aromatic carbocycles. The third kappa shape index (κ3) is 3.52. The molecule has 0 aromatic heterocycles. The van der Waals surface area contributed by atoms with Gasteiger partial charge in [0.15, 0.2) is 11.5 Å². The number of hydrogen-bond acceptors (Lipinski definition) is 7. The number of phenols is 2. The Morgan fingerprint density at radius 1 is 0.870 bits per heavy atom. The molecule has 0 aliphatic rings. The lowest BCUT2D eigenvalue weighted by Crippen LogP contribution is -2.02. The summed E-state index contributed by atoms with van der Waals surface area (Å²) in [5.41, 5.74) is 0.346. The maximum Gasteiger partial charge on any atom is 0.338 e. The van der Waals surface area contributed by atoms with Crippen molar-refractivity contribution in [3.63, 3.8) is 0 Å². The van der Waals surface area contributed by atoms with Crippen LogP contribution in [0.25, 0.3) is 0 Å². The van der Waals surface area contributed by atoms with E-state index >= 15 is 0 Å². The number of carbonyl (C=O) groups excluding carboxylic acids is 2. The standard InChI is InChI=1S/C16H14O7/c1-21-15(19)9-3-5-11(6-4-9)23-13-8-10(16(20)22-2)7-12(17)14(13)18/h3-8,17-18H,1-2H3. The molecule has 23 heavy (non-hydrogen) atoms. The van der Waals surface area contributed by atoms with E-state index in [0.717, 1.165) is 6.07 Å². The fraction of sp³-hybridized carbons (Fsp3) is 0.125. The quantitative estimate of drug-likeness (QED) is 0.659. The van der Waals surface area contributed by atoms with Crippen LogP contribution in [-0.2, 0) is 9.47 Å². The van der Waals surface area contributed by atoms with Gasteiger partial charge in [0.25, 0.3) is 0 Å². The van der Waals surface area contributed by atoms with E-state index in [9.17, 15) is 19.8 Å². The first-order valence-corrected chi connectivity index (χ1v) is 6.46. The SMILES string of the molecule is COC(=O)c1ccc(Oc2cc(C(=O)OC)cc(O)c2O)cc1. The second kappa shape index (κ2) is 6.69. The lowest BCUT2D eigenvalue weighted by Gasteiger charge is -2.11. The Kier molecular flexibility index (Phi) is 4.70. The molecule has 2 rings (SSSR count). The molecule has 0 atom stereocenters. The number of esters is 2. The van der Waals surface area contributed by atoms with Gasteiger partial charge in [-0.2, -0.15) is 0 Å². The predicted octanol–water partition coefficient (Wildman–Crippen LogP) is 2.46. The zero-order valence-electron chi connectivity index (χ0n) is 12.4. The number of methoxy groups -OCH3 is 2. The lowest BCUT2D eigenvalue weighted by molar-refractivity contribution is 0.0591. The molecule has 0 aliphatic carbocycles. The first-order chi connectivity index (χ1) is 11.0. The maximum absolute atomic E-state index is 11.5. The number of benzene rings is 2. The van der Waals surface area contributed by atoms with Gasteiger partial charge in [-0.3, -0.25) is 0 Å². The molecule has 7 heteroatoms. The highest BCUT2D eigenvalue weighted by Crippen LogP contribution is 2.39. The summed E-state index contributed by atoms with van der Waals surface area (Å²) in [4.78, 5) is 22.9. The molecule has 0 bridgehead atoms. The van der Waals surface area contributed by atoms with Crippen LogP contribution in [0.4, 0.5) is 0 Å². The van der Waals surface area contributed by atoms with Crippen molar-refractivity contribution >= 4 is 11.9 Å². The minimum Gasteiger partial charge on any atom is -0.504 e. The van der Waals surface area contributed by atoms with Crippen molar-refractivity contribution in [3.8, 4) is 23.0 Å². The van der Waals surface area contributed by atoms with Crippen molar-refractivity contribution in [1.82, 2.24) is 0 Å². The van der Waals surface area contributed by atoms with E-state index in [1.165, 1.54) is 44.6 Å². The Labute approximate surface area is 131 Å². The molecule has 7 nitrogen and oxygen atoms in total. The van der Waals surface area contributed by atoms with Crippen LogP contribution < -0.4 is 4.74 Å². The van der Waals surface area contributed by atoms with Gasteiger partial charge in [-0.05, 0) is 36.4 Å². The Hall–Kier alpha value is -3.22. The molecule has 2 N–H and O–H groups in total. The highest BCUT2D eigenvalue weighted by atomic mass is 16.5. The number of phenolic OH excluding ortho intramolecular Hbond substituents is 2. The minimum absolute atomic E-state index is 0.0176. The normalized spacial score (nSPS) is 10.0. The molecule has 0 unspecified atom stereocenters. The summed E-state index contributed by atoms with van der Waals surface area (Å²) in [6.07, 6.45) is 0. The van der Waals surface area contributed by atoms with Crippen LogP contribution in [0.5, 0.6) is 23.0 Å². The van der Waals surface area contributed by atoms with E-state index in [-0.39, 0.29) is 17.1 Å². The van der Waals surface area contributed by atoms with Gasteiger partial charge < -0.3 is 24.4 Å². The van der Waals surface area contributed by atoms with Crippen molar-refractivity contribution < 1.29 is 34.0 Å². The molecule has 0 amide bonds. The largest absolute Gasteiger partial charge is 0.504 e. The molecule has 0 aliphatic heterocycles. The summed E-state index contributed by atoms with van der Waals surface area (Å²) in [6.45, 7) is 0. The van der Waals surface area contributed by atoms with Crippen LogP contribution >= 0.6 is 0 Å². The summed E-state index contributed by atoms with van der Waals surface area (Å²) in [5, 5.41) is 19.5. The van der Waals surface area contributed by atoms with Crippen molar-refractivity contribution in [2.75, 3.05) is 14.2 Å². The molecule has 0 radical (unpaired) electrons. The molecule has 0 fully saturated rings. The van der Waals surface area contributed by atoms with Crippen LogP contribution in [0.1, 0.15) is 20.7 Å². The number of aromatic hydroxyl groups is 2. The van der Waals surface area contributed by atoms with Gasteiger partial charge >= 0.3 is 11.9 Å². The topological polar surface area (TPSA) is 102 Å². The van der Waals surface area contributed by atoms with Gasteiger partial charge in [0, 0.05) is 0 Å². The zero-order valence-corrected chi connectivity index (χ0v) is 12.4. The van der Waals surface area contributed by atoms with E-state index in [0.29, 0.717) is 5.56 Å². The summed E-state index contributed by atoms with van der Waals surface area (Å²) in [6, 6.07) is 8.20. The van der Waals surface area contributed by atoms with Gasteiger partial charge in [0.2, 0.25) is 5.75 Å². The third-order valence-corrected chi connectivity index (χ3v) is 2.98. The molecule has 0 heterocycles. The van der Waals surface area contributed by atoms with Gasteiger partial charge in [-0.15, -0.1) is 0 Å². The minimum atomic E-state index is -0.689. The van der Waals surface area contributed by atoms with Crippen molar-refractivity contribution in [3.05, 3.63) is 47.5 Å². The zero-order chi connectivity index (χ0) is 17.0. The van der Waals surface area contributed by atoms with Gasteiger partial charge in [-0.25, -0.2) is 9.59 Å². The first kappa shape index (κ1) is 16.2. The summed E-state index contributed by atoms with van der Waals surface area (Å²) in [5.74, 6) is -2.06. The van der Waals surface area contributed by atoms with Crippen molar-refractivity contribution in [1.29, 1.82) is 0 Å². The second-order valence-corrected chi connectivity index (χ2v) is 4.45. The fourth-order valence-corrected chi connectivity index (χ4v) is 1.81. The smallest absolute Gasteiger partial charge is 0.338 e. The average molecular weight is 318 g/mol. The highest BCUT2D eigenvalue weighted by molar-refractivity contribution is 5.91. The van der Waals surface area contributed by atoms with E-state index in [1.807, 2.05) is 0 Å². The summed E-state index contributed by atoms with van der Waals surface area (Å²) >= 11 is 0. The van der Waals surface area contributed by atoms with Crippen LogP contribution in [0.3, 0.4) is 0 Å². The summed E-state index contributed by atoms with van der Waals surface area (Å²) in [7, 11) is 2.46. The Morgan fingerprint density at radius 3 is 2.00 bits per heavy atom. The molecular formula is C16H14O7. The number of hydrogen-bond donors (Lipinski definition) is 2. The van der Waals surface area contributed by atoms with Crippen LogP contribution in [0, 0.1) is 0 Å². The Bertz CT molecular complexity index is 735. The fourth-order valence-electron chi connectivity index (χ4n) is 1.81. The number of ether oxygens (including phenoxy) is 3. The molecular weight excluding hydrogens is 304 g/mol. The van der Waals surface area contributed by atoms with Crippen molar-refractivity contribution in [2.45, 2.75) is 0 Å². The van der Waals surface area contributed by atoms with Gasteiger partial charge in [-0.1, -0.05) is 0 Å². The molecule has 2 aromatic rings. The van der Waals surface area contributed by atoms with Crippen LogP contribution in [-0.4, -0.2) is 36.4 Å². The highest BCUT2D eigenvalue weighted by Gasteiger charge is 2.16. The third-order valence-electron chi connectivity index (χ3n) is 2.98. The molecule has 120 valence electrons. The molecule has 0 spiro atoms. The lowest BCUT2D eigenvalue weighted by atomic mass is 10.2. The Balaban J connectivity index is 2.30. The van der Waals surface area contributed by atoms with Crippen molar-refractivity contribution in [2.24, 2.45) is 0 Å². The van der Waals surface area contributed by atoms with Gasteiger partial charge in [0.05, 0.1) is 25.3 Å². The Morgan fingerprint density at radius 2 is 1.43 bits per heavy atom. The first-order valence-electron chi connectivity index (χ1n) is 6.46. The van der Waals surface area contributed by atoms with E-state index in [4.69, 9.17) is 4.74 Å². The number of rotatable bonds is 4. The second-order valence-electron chi connectivity index (χ2n) is 4.45.